The molecule has 94 valence electrons. The maximum atomic E-state index is 10.0. The third kappa shape index (κ3) is 3.01. The van der Waals surface area contributed by atoms with E-state index in [9.17, 15) is 5.11 Å². The number of aliphatic hydroxyl groups is 1. The Balaban J connectivity index is 2.10. The van der Waals surface area contributed by atoms with Crippen LogP contribution in [0.4, 0.5) is 0 Å². The Morgan fingerprint density at radius 1 is 1.12 bits per heavy atom. The molecule has 2 heteroatoms. The number of benzene rings is 1. The quantitative estimate of drug-likeness (QED) is 0.795. The molecular formula is C15H22O2. The van der Waals surface area contributed by atoms with Gasteiger partial charge in [-0.15, -0.1) is 0 Å². The highest BCUT2D eigenvalue weighted by Gasteiger charge is 2.23. The van der Waals surface area contributed by atoms with E-state index in [1.807, 2.05) is 12.1 Å². The van der Waals surface area contributed by atoms with Gasteiger partial charge < -0.3 is 9.84 Å². The molecule has 0 bridgehead atoms. The molecule has 0 heterocycles. The van der Waals surface area contributed by atoms with Gasteiger partial charge in [0, 0.05) is 0 Å². The molecule has 2 unspecified atom stereocenters. The molecule has 1 aromatic carbocycles. The van der Waals surface area contributed by atoms with Crippen LogP contribution in [0, 0.1) is 13.8 Å². The lowest BCUT2D eigenvalue weighted by Gasteiger charge is -2.23. The summed E-state index contributed by atoms with van der Waals surface area (Å²) < 4.78 is 6.01. The van der Waals surface area contributed by atoms with Gasteiger partial charge in [0.1, 0.15) is 11.9 Å². The van der Waals surface area contributed by atoms with Crippen molar-refractivity contribution in [2.45, 2.75) is 58.2 Å². The van der Waals surface area contributed by atoms with Crippen molar-refractivity contribution in [2.24, 2.45) is 0 Å². The van der Waals surface area contributed by atoms with Crippen molar-refractivity contribution >= 4 is 0 Å². The van der Waals surface area contributed by atoms with E-state index in [0.717, 1.165) is 31.4 Å². The van der Waals surface area contributed by atoms with Gasteiger partial charge in [0.2, 0.25) is 0 Å². The Morgan fingerprint density at radius 2 is 1.88 bits per heavy atom. The average molecular weight is 234 g/mol. The highest BCUT2D eigenvalue weighted by Crippen LogP contribution is 2.26. The van der Waals surface area contributed by atoms with Crippen LogP contribution in [0.15, 0.2) is 18.2 Å². The van der Waals surface area contributed by atoms with Gasteiger partial charge in [-0.2, -0.15) is 0 Å². The van der Waals surface area contributed by atoms with E-state index in [-0.39, 0.29) is 12.2 Å². The minimum atomic E-state index is -0.308. The standard InChI is InChI=1S/C15H22O2/c1-11-7-6-10-14(12(11)2)17-15-9-5-3-4-8-13(15)16/h6-7,10,13,15-16H,3-5,8-9H2,1-2H3. The van der Waals surface area contributed by atoms with Gasteiger partial charge in [0.15, 0.2) is 0 Å². The summed E-state index contributed by atoms with van der Waals surface area (Å²) in [5.74, 6) is 0.927. The van der Waals surface area contributed by atoms with Crippen LogP contribution in [0.1, 0.15) is 43.2 Å². The van der Waals surface area contributed by atoms with Gasteiger partial charge in [-0.05, 0) is 50.3 Å². The van der Waals surface area contributed by atoms with Gasteiger partial charge in [0.25, 0.3) is 0 Å². The second-order valence-electron chi connectivity index (χ2n) is 5.06. The number of hydrogen-bond acceptors (Lipinski definition) is 2. The molecule has 2 rings (SSSR count). The molecule has 0 aromatic heterocycles. The van der Waals surface area contributed by atoms with Gasteiger partial charge in [-0.3, -0.25) is 0 Å². The van der Waals surface area contributed by atoms with Crippen molar-refractivity contribution in [3.8, 4) is 5.75 Å². The number of aryl methyl sites for hydroxylation is 1. The fraction of sp³-hybridized carbons (Fsp3) is 0.600. The maximum absolute atomic E-state index is 10.0. The second-order valence-corrected chi connectivity index (χ2v) is 5.06. The molecule has 0 spiro atoms. The summed E-state index contributed by atoms with van der Waals surface area (Å²) in [5.41, 5.74) is 2.43. The number of hydrogen-bond donors (Lipinski definition) is 1. The summed E-state index contributed by atoms with van der Waals surface area (Å²) in [4.78, 5) is 0. The molecule has 2 atom stereocenters. The van der Waals surface area contributed by atoms with Gasteiger partial charge in [-0.1, -0.05) is 25.0 Å². The monoisotopic (exact) mass is 234 g/mol. The predicted octanol–water partition coefficient (Wildman–Crippen LogP) is 3.38. The van der Waals surface area contributed by atoms with Crippen LogP contribution < -0.4 is 4.74 Å². The molecule has 1 aliphatic carbocycles. The zero-order valence-electron chi connectivity index (χ0n) is 10.8. The lowest BCUT2D eigenvalue weighted by molar-refractivity contribution is 0.0315. The fourth-order valence-electron chi connectivity index (χ4n) is 2.41. The van der Waals surface area contributed by atoms with E-state index in [2.05, 4.69) is 19.9 Å². The molecule has 1 aromatic rings. The fourth-order valence-corrected chi connectivity index (χ4v) is 2.41. The van der Waals surface area contributed by atoms with Crippen LogP contribution in [0.25, 0.3) is 0 Å². The lowest BCUT2D eigenvalue weighted by atomic mass is 10.1. The number of ether oxygens (including phenoxy) is 1. The molecule has 0 saturated heterocycles. The molecule has 1 saturated carbocycles. The van der Waals surface area contributed by atoms with Crippen molar-refractivity contribution in [1.82, 2.24) is 0 Å². The molecule has 1 aliphatic rings. The first-order valence-corrected chi connectivity index (χ1v) is 6.59. The van der Waals surface area contributed by atoms with E-state index in [1.54, 1.807) is 0 Å². The molecule has 0 radical (unpaired) electrons. The van der Waals surface area contributed by atoms with Crippen LogP contribution in [0.5, 0.6) is 5.75 Å². The molecule has 0 amide bonds. The SMILES string of the molecule is Cc1cccc(OC2CCCCCC2O)c1C. The number of aliphatic hydroxyl groups excluding tert-OH is 1. The Hall–Kier alpha value is -1.02. The van der Waals surface area contributed by atoms with Crippen molar-refractivity contribution in [3.63, 3.8) is 0 Å². The summed E-state index contributed by atoms with van der Waals surface area (Å²) in [6.07, 6.45) is 4.99. The summed E-state index contributed by atoms with van der Waals surface area (Å²) >= 11 is 0. The zero-order chi connectivity index (χ0) is 12.3. The Kier molecular flexibility index (Phi) is 4.06. The summed E-state index contributed by atoms with van der Waals surface area (Å²) in [6.45, 7) is 4.17. The van der Waals surface area contributed by atoms with Crippen molar-refractivity contribution < 1.29 is 9.84 Å². The van der Waals surface area contributed by atoms with Crippen molar-refractivity contribution in [3.05, 3.63) is 29.3 Å². The minimum absolute atomic E-state index is 0.0296. The van der Waals surface area contributed by atoms with Gasteiger partial charge >= 0.3 is 0 Å². The molecule has 1 N–H and O–H groups in total. The normalized spacial score (nSPS) is 25.4. The highest BCUT2D eigenvalue weighted by molar-refractivity contribution is 5.38. The Morgan fingerprint density at radius 3 is 2.71 bits per heavy atom. The van der Waals surface area contributed by atoms with Gasteiger partial charge in [0.05, 0.1) is 6.10 Å². The summed E-state index contributed by atoms with van der Waals surface area (Å²) in [6, 6.07) is 6.10. The minimum Gasteiger partial charge on any atom is -0.487 e. The van der Waals surface area contributed by atoms with Crippen molar-refractivity contribution in [2.75, 3.05) is 0 Å². The Bertz CT molecular complexity index is 373. The molecule has 17 heavy (non-hydrogen) atoms. The van der Waals surface area contributed by atoms with E-state index < -0.39 is 0 Å². The Labute approximate surface area is 104 Å². The number of rotatable bonds is 2. The summed E-state index contributed by atoms with van der Waals surface area (Å²) in [5, 5.41) is 10.0. The first-order chi connectivity index (χ1) is 8.18. The van der Waals surface area contributed by atoms with Gasteiger partial charge in [-0.25, -0.2) is 0 Å². The highest BCUT2D eigenvalue weighted by atomic mass is 16.5. The predicted molar refractivity (Wildman–Crippen MR) is 69.4 cm³/mol. The lowest BCUT2D eigenvalue weighted by Crippen LogP contribution is -2.30. The van der Waals surface area contributed by atoms with Crippen LogP contribution in [0.2, 0.25) is 0 Å². The second kappa shape index (κ2) is 5.54. The molecule has 0 aliphatic heterocycles. The maximum Gasteiger partial charge on any atom is 0.124 e. The zero-order valence-corrected chi connectivity index (χ0v) is 10.8. The van der Waals surface area contributed by atoms with Crippen LogP contribution in [0.3, 0.4) is 0 Å². The average Bonchev–Trinajstić information content (AvgIpc) is 2.51. The molecule has 2 nitrogen and oxygen atoms in total. The van der Waals surface area contributed by atoms with Crippen LogP contribution in [-0.2, 0) is 0 Å². The van der Waals surface area contributed by atoms with E-state index in [1.165, 1.54) is 17.5 Å². The smallest absolute Gasteiger partial charge is 0.124 e. The molecular weight excluding hydrogens is 212 g/mol. The third-order valence-electron chi connectivity index (χ3n) is 3.75. The first-order valence-electron chi connectivity index (χ1n) is 6.59. The van der Waals surface area contributed by atoms with Crippen molar-refractivity contribution in [1.29, 1.82) is 0 Å². The first kappa shape index (κ1) is 12.4. The topological polar surface area (TPSA) is 29.5 Å². The van der Waals surface area contributed by atoms with E-state index in [4.69, 9.17) is 4.74 Å². The van der Waals surface area contributed by atoms with E-state index in [0.29, 0.717) is 0 Å². The largest absolute Gasteiger partial charge is 0.487 e. The molecule has 1 fully saturated rings. The van der Waals surface area contributed by atoms with Crippen LogP contribution >= 0.6 is 0 Å². The third-order valence-corrected chi connectivity index (χ3v) is 3.75. The summed E-state index contributed by atoms with van der Waals surface area (Å²) in [7, 11) is 0. The van der Waals surface area contributed by atoms with E-state index >= 15 is 0 Å². The van der Waals surface area contributed by atoms with Crippen LogP contribution in [-0.4, -0.2) is 17.3 Å².